The summed E-state index contributed by atoms with van der Waals surface area (Å²) in [6, 6.07) is 0. The third kappa shape index (κ3) is 4.38. The average molecular weight is 270 g/mol. The highest BCUT2D eigenvalue weighted by Crippen LogP contribution is 1.97. The lowest BCUT2D eigenvalue weighted by Gasteiger charge is -1.95. The van der Waals surface area contributed by atoms with Crippen LogP contribution in [0, 0.1) is 0 Å². The van der Waals surface area contributed by atoms with E-state index in [0.717, 1.165) is 0 Å². The number of hydrogen-bond acceptors (Lipinski definition) is 4. The van der Waals surface area contributed by atoms with Gasteiger partial charge in [-0.05, 0) is 18.5 Å². The van der Waals surface area contributed by atoms with E-state index in [0.29, 0.717) is 17.7 Å². The first-order valence-electron chi connectivity index (χ1n) is 5.10. The molecule has 3 N–H and O–H groups in total. The Kier molecular flexibility index (Phi) is 5.59. The number of nitrogens with one attached hydrogen (secondary N) is 3. The number of aromatic amines is 2. The predicted molar refractivity (Wildman–Crippen MR) is 65.4 cm³/mol. The number of halogens is 1. The van der Waals surface area contributed by atoms with Crippen molar-refractivity contribution in [3.05, 3.63) is 35.9 Å². The molecule has 96 valence electrons. The Bertz CT molecular complexity index is 480. The Morgan fingerprint density at radius 3 is 2.11 bits per heavy atom. The van der Waals surface area contributed by atoms with Gasteiger partial charge >= 0.3 is 0 Å². The molecule has 7 nitrogen and oxygen atoms in total. The molecule has 2 aromatic heterocycles. The fraction of sp³-hybridized carbons (Fsp3) is 0.200. The lowest BCUT2D eigenvalue weighted by atomic mass is 10.3. The van der Waals surface area contributed by atoms with E-state index in [-0.39, 0.29) is 5.91 Å². The van der Waals surface area contributed by atoms with Crippen LogP contribution in [0.1, 0.15) is 27.6 Å². The van der Waals surface area contributed by atoms with E-state index in [1.54, 1.807) is 6.20 Å². The van der Waals surface area contributed by atoms with Crippen molar-refractivity contribution in [2.24, 2.45) is 0 Å². The smallest absolute Gasteiger partial charge is 0.255 e. The normalized spacial score (nSPS) is 9.22. The molecule has 2 heterocycles. The molecule has 0 unspecified atom stereocenters. The minimum atomic E-state index is -0.487. The van der Waals surface area contributed by atoms with Crippen LogP contribution in [0.5, 0.6) is 0 Å². The molecule has 0 saturated carbocycles. The van der Waals surface area contributed by atoms with Gasteiger partial charge in [-0.15, -0.1) is 0 Å². The summed E-state index contributed by atoms with van der Waals surface area (Å²) in [5.74, 6) is -0.0868. The number of H-pyrrole nitrogens is 2. The molecule has 0 radical (unpaired) electrons. The van der Waals surface area contributed by atoms with E-state index in [2.05, 4.69) is 25.7 Å². The van der Waals surface area contributed by atoms with Crippen molar-refractivity contribution >= 4 is 22.8 Å². The Balaban J connectivity index is 0.000000184. The molecule has 0 aliphatic carbocycles. The van der Waals surface area contributed by atoms with Crippen LogP contribution in [-0.2, 0) is 0 Å². The van der Waals surface area contributed by atoms with Crippen LogP contribution >= 0.6 is 11.6 Å². The molecular weight excluding hydrogens is 258 g/mol. The summed E-state index contributed by atoms with van der Waals surface area (Å²) in [5, 5.41) is 14.3. The molecule has 0 aliphatic rings. The second-order valence-corrected chi connectivity index (χ2v) is 3.45. The Labute approximate surface area is 108 Å². The highest BCUT2D eigenvalue weighted by atomic mass is 35.5. The first kappa shape index (κ1) is 13.9. The molecule has 0 atom stereocenters. The number of aromatic nitrogens is 4. The highest BCUT2D eigenvalue weighted by molar-refractivity contribution is 6.67. The molecule has 0 bridgehead atoms. The van der Waals surface area contributed by atoms with Crippen molar-refractivity contribution in [3.63, 3.8) is 0 Å². The minimum Gasteiger partial charge on any atom is -0.352 e. The number of rotatable bonds is 3. The van der Waals surface area contributed by atoms with Gasteiger partial charge in [0.2, 0.25) is 0 Å². The van der Waals surface area contributed by atoms with Gasteiger partial charge in [0.1, 0.15) is 0 Å². The summed E-state index contributed by atoms with van der Waals surface area (Å²) in [6.07, 6.45) is 5.86. The maximum absolute atomic E-state index is 10.9. The van der Waals surface area contributed by atoms with Gasteiger partial charge in [0.05, 0.1) is 23.5 Å². The van der Waals surface area contributed by atoms with Crippen LogP contribution in [0.3, 0.4) is 0 Å². The standard InChI is InChI=1S/C6H9N3O.C4H3ClN2O/c1-2-7-6(10)5-3-8-9-4-5;5-4(8)3-1-6-7-2-3/h3-4H,2H2,1H3,(H,7,10)(H,8,9);1-2H,(H,6,7). The zero-order chi connectivity index (χ0) is 13.4. The van der Waals surface area contributed by atoms with Gasteiger partial charge in [0.15, 0.2) is 0 Å². The van der Waals surface area contributed by atoms with Crippen molar-refractivity contribution in [2.45, 2.75) is 6.92 Å². The molecule has 8 heteroatoms. The van der Waals surface area contributed by atoms with Crippen molar-refractivity contribution in [3.8, 4) is 0 Å². The zero-order valence-corrected chi connectivity index (χ0v) is 10.4. The SMILES string of the molecule is CCNC(=O)c1cn[nH]c1.O=C(Cl)c1cn[nH]c1. The predicted octanol–water partition coefficient (Wildman–Crippen LogP) is 0.948. The van der Waals surface area contributed by atoms with E-state index in [4.69, 9.17) is 11.6 Å². The third-order valence-electron chi connectivity index (χ3n) is 1.82. The minimum absolute atomic E-state index is 0.0868. The summed E-state index contributed by atoms with van der Waals surface area (Å²) in [5.41, 5.74) is 0.966. The first-order valence-corrected chi connectivity index (χ1v) is 5.48. The average Bonchev–Trinajstić information content (AvgIpc) is 3.04. The molecule has 18 heavy (non-hydrogen) atoms. The van der Waals surface area contributed by atoms with Gasteiger partial charge in [-0.3, -0.25) is 19.8 Å². The van der Waals surface area contributed by atoms with Crippen molar-refractivity contribution < 1.29 is 9.59 Å². The molecule has 2 aromatic rings. The molecule has 0 fully saturated rings. The van der Waals surface area contributed by atoms with Gasteiger partial charge in [0.25, 0.3) is 11.1 Å². The lowest BCUT2D eigenvalue weighted by molar-refractivity contribution is 0.0955. The number of amides is 1. The fourth-order valence-electron chi connectivity index (χ4n) is 0.996. The molecule has 0 spiro atoms. The van der Waals surface area contributed by atoms with E-state index < -0.39 is 5.24 Å². The van der Waals surface area contributed by atoms with Crippen LogP contribution < -0.4 is 5.32 Å². The Morgan fingerprint density at radius 1 is 1.22 bits per heavy atom. The number of hydrogen-bond donors (Lipinski definition) is 3. The maximum Gasteiger partial charge on any atom is 0.255 e. The summed E-state index contributed by atoms with van der Waals surface area (Å²) in [4.78, 5) is 21.1. The number of carbonyl (C=O) groups is 2. The van der Waals surface area contributed by atoms with Crippen LogP contribution in [0.4, 0.5) is 0 Å². The van der Waals surface area contributed by atoms with Crippen LogP contribution in [0.15, 0.2) is 24.8 Å². The lowest BCUT2D eigenvalue weighted by Crippen LogP contribution is -2.21. The second-order valence-electron chi connectivity index (χ2n) is 3.11. The largest absolute Gasteiger partial charge is 0.352 e. The third-order valence-corrected chi connectivity index (χ3v) is 2.04. The molecule has 0 saturated heterocycles. The molecule has 0 aromatic carbocycles. The van der Waals surface area contributed by atoms with Crippen LogP contribution in [-0.4, -0.2) is 38.1 Å². The van der Waals surface area contributed by atoms with Crippen molar-refractivity contribution in [1.82, 2.24) is 25.7 Å². The van der Waals surface area contributed by atoms with E-state index >= 15 is 0 Å². The highest BCUT2D eigenvalue weighted by Gasteiger charge is 2.02. The van der Waals surface area contributed by atoms with Crippen molar-refractivity contribution in [2.75, 3.05) is 6.54 Å². The summed E-state index contributed by atoms with van der Waals surface area (Å²) >= 11 is 5.05. The van der Waals surface area contributed by atoms with Crippen LogP contribution in [0.2, 0.25) is 0 Å². The van der Waals surface area contributed by atoms with Crippen molar-refractivity contribution in [1.29, 1.82) is 0 Å². The van der Waals surface area contributed by atoms with Gasteiger partial charge in [0, 0.05) is 18.9 Å². The fourth-order valence-corrected chi connectivity index (χ4v) is 1.10. The first-order chi connectivity index (χ1) is 8.65. The zero-order valence-electron chi connectivity index (χ0n) is 9.61. The van der Waals surface area contributed by atoms with E-state index in [1.165, 1.54) is 18.6 Å². The monoisotopic (exact) mass is 269 g/mol. The number of carbonyl (C=O) groups excluding carboxylic acids is 2. The van der Waals surface area contributed by atoms with E-state index in [9.17, 15) is 9.59 Å². The maximum atomic E-state index is 10.9. The van der Waals surface area contributed by atoms with Gasteiger partial charge < -0.3 is 5.32 Å². The molecule has 2 rings (SSSR count). The molecule has 0 aliphatic heterocycles. The van der Waals surface area contributed by atoms with Gasteiger partial charge in [-0.1, -0.05) is 0 Å². The van der Waals surface area contributed by atoms with Crippen LogP contribution in [0.25, 0.3) is 0 Å². The second kappa shape index (κ2) is 7.23. The quantitative estimate of drug-likeness (QED) is 0.722. The molecule has 1 amide bonds. The van der Waals surface area contributed by atoms with E-state index in [1.807, 2.05) is 6.92 Å². The van der Waals surface area contributed by atoms with Gasteiger partial charge in [-0.2, -0.15) is 10.2 Å². The molecular formula is C10H12ClN5O2. The Hall–Kier alpha value is -2.15. The van der Waals surface area contributed by atoms with Gasteiger partial charge in [-0.25, -0.2) is 0 Å². The number of nitrogens with zero attached hydrogens (tertiary/aromatic N) is 2. The summed E-state index contributed by atoms with van der Waals surface area (Å²) in [6.45, 7) is 2.52. The summed E-state index contributed by atoms with van der Waals surface area (Å²) < 4.78 is 0. The summed E-state index contributed by atoms with van der Waals surface area (Å²) in [7, 11) is 0. The topological polar surface area (TPSA) is 104 Å². The Morgan fingerprint density at radius 2 is 1.78 bits per heavy atom.